The van der Waals surface area contributed by atoms with E-state index in [9.17, 15) is 9.59 Å². The van der Waals surface area contributed by atoms with Crippen LogP contribution in [0.1, 0.15) is 30.7 Å². The van der Waals surface area contributed by atoms with Crippen molar-refractivity contribution < 1.29 is 14.7 Å². The number of carboxylic acid groups (broad SMARTS) is 1. The van der Waals surface area contributed by atoms with Crippen LogP contribution in [0.2, 0.25) is 0 Å². The number of thiophene rings is 1. The van der Waals surface area contributed by atoms with Gasteiger partial charge in [-0.15, -0.1) is 11.3 Å². The molecule has 0 aromatic carbocycles. The number of hydrogen-bond donors (Lipinski definition) is 2. The Bertz CT molecular complexity index is 461. The SMILES string of the molecule is CC(NC(=O)CN1CCC(CC(=O)O)C1)c1cccs1. The summed E-state index contributed by atoms with van der Waals surface area (Å²) in [4.78, 5) is 25.8. The van der Waals surface area contributed by atoms with Gasteiger partial charge in [-0.25, -0.2) is 0 Å². The monoisotopic (exact) mass is 296 g/mol. The van der Waals surface area contributed by atoms with E-state index >= 15 is 0 Å². The van der Waals surface area contributed by atoms with E-state index in [1.165, 1.54) is 0 Å². The van der Waals surface area contributed by atoms with Crippen molar-refractivity contribution in [1.82, 2.24) is 10.2 Å². The summed E-state index contributed by atoms with van der Waals surface area (Å²) in [7, 11) is 0. The molecule has 0 bridgehead atoms. The van der Waals surface area contributed by atoms with Crippen LogP contribution in [0.15, 0.2) is 17.5 Å². The van der Waals surface area contributed by atoms with E-state index in [-0.39, 0.29) is 24.3 Å². The summed E-state index contributed by atoms with van der Waals surface area (Å²) >= 11 is 1.63. The molecule has 1 fully saturated rings. The Morgan fingerprint density at radius 1 is 1.60 bits per heavy atom. The van der Waals surface area contributed by atoms with Crippen LogP contribution in [-0.2, 0) is 9.59 Å². The fourth-order valence-corrected chi connectivity index (χ4v) is 3.30. The summed E-state index contributed by atoms with van der Waals surface area (Å²) in [5.74, 6) is -0.579. The molecule has 0 radical (unpaired) electrons. The maximum absolute atomic E-state index is 12.0. The molecule has 1 aromatic heterocycles. The molecule has 20 heavy (non-hydrogen) atoms. The summed E-state index contributed by atoms with van der Waals surface area (Å²) in [6.45, 7) is 3.83. The van der Waals surface area contributed by atoms with Gasteiger partial charge >= 0.3 is 5.97 Å². The van der Waals surface area contributed by atoms with Crippen molar-refractivity contribution in [2.45, 2.75) is 25.8 Å². The van der Waals surface area contributed by atoms with Crippen molar-refractivity contribution in [3.63, 3.8) is 0 Å². The van der Waals surface area contributed by atoms with Crippen LogP contribution in [0.25, 0.3) is 0 Å². The van der Waals surface area contributed by atoms with Gasteiger partial charge in [0.05, 0.1) is 12.6 Å². The van der Waals surface area contributed by atoms with Gasteiger partial charge in [0.1, 0.15) is 0 Å². The van der Waals surface area contributed by atoms with E-state index in [0.29, 0.717) is 13.1 Å². The second-order valence-electron chi connectivity index (χ2n) is 5.29. The Labute approximate surface area is 122 Å². The van der Waals surface area contributed by atoms with Gasteiger partial charge < -0.3 is 10.4 Å². The van der Waals surface area contributed by atoms with Crippen LogP contribution >= 0.6 is 11.3 Å². The lowest BCUT2D eigenvalue weighted by molar-refractivity contribution is -0.138. The Morgan fingerprint density at radius 2 is 2.40 bits per heavy atom. The normalized spacial score (nSPS) is 20.8. The van der Waals surface area contributed by atoms with Crippen molar-refractivity contribution >= 4 is 23.2 Å². The molecule has 1 amide bonds. The first-order valence-corrected chi connectivity index (χ1v) is 7.69. The number of hydrogen-bond acceptors (Lipinski definition) is 4. The molecule has 2 rings (SSSR count). The van der Waals surface area contributed by atoms with Crippen LogP contribution < -0.4 is 5.32 Å². The van der Waals surface area contributed by atoms with Crippen molar-refractivity contribution in [2.24, 2.45) is 5.92 Å². The number of amides is 1. The average Bonchev–Trinajstić information content (AvgIpc) is 2.99. The minimum Gasteiger partial charge on any atom is -0.481 e. The Hall–Kier alpha value is -1.40. The third-order valence-corrected chi connectivity index (χ3v) is 4.60. The second kappa shape index (κ2) is 6.85. The maximum atomic E-state index is 12.0. The fourth-order valence-electron chi connectivity index (χ4n) is 2.57. The number of nitrogens with one attached hydrogen (secondary N) is 1. The number of likely N-dealkylation sites (tertiary alicyclic amines) is 1. The molecule has 1 aliphatic heterocycles. The van der Waals surface area contributed by atoms with Gasteiger partial charge in [-0.3, -0.25) is 14.5 Å². The van der Waals surface area contributed by atoms with Crippen molar-refractivity contribution in [2.75, 3.05) is 19.6 Å². The average molecular weight is 296 g/mol. The zero-order valence-corrected chi connectivity index (χ0v) is 12.4. The van der Waals surface area contributed by atoms with E-state index in [4.69, 9.17) is 5.11 Å². The first-order valence-electron chi connectivity index (χ1n) is 6.81. The summed E-state index contributed by atoms with van der Waals surface area (Å²) in [5, 5.41) is 13.7. The molecule has 0 aliphatic carbocycles. The summed E-state index contributed by atoms with van der Waals surface area (Å²) in [6, 6.07) is 4.01. The van der Waals surface area contributed by atoms with Crippen LogP contribution in [-0.4, -0.2) is 41.5 Å². The molecule has 110 valence electrons. The molecule has 0 spiro atoms. The predicted molar refractivity (Wildman–Crippen MR) is 77.7 cm³/mol. The number of rotatable bonds is 6. The van der Waals surface area contributed by atoms with Crippen LogP contribution in [0.3, 0.4) is 0 Å². The summed E-state index contributed by atoms with van der Waals surface area (Å²) in [5.41, 5.74) is 0. The lowest BCUT2D eigenvalue weighted by Crippen LogP contribution is -2.37. The van der Waals surface area contributed by atoms with Crippen molar-refractivity contribution in [3.8, 4) is 0 Å². The third kappa shape index (κ3) is 4.31. The molecule has 1 aliphatic rings. The van der Waals surface area contributed by atoms with Crippen LogP contribution in [0.4, 0.5) is 0 Å². The maximum Gasteiger partial charge on any atom is 0.303 e. The molecule has 2 N–H and O–H groups in total. The molecular formula is C14H20N2O3S. The van der Waals surface area contributed by atoms with Crippen molar-refractivity contribution in [1.29, 1.82) is 0 Å². The topological polar surface area (TPSA) is 69.6 Å². The van der Waals surface area contributed by atoms with E-state index < -0.39 is 5.97 Å². The quantitative estimate of drug-likeness (QED) is 0.838. The van der Waals surface area contributed by atoms with E-state index in [2.05, 4.69) is 5.32 Å². The smallest absolute Gasteiger partial charge is 0.303 e. The Balaban J connectivity index is 1.74. The molecule has 0 saturated carbocycles. The first kappa shape index (κ1) is 15.0. The lowest BCUT2D eigenvalue weighted by atomic mass is 10.1. The first-order chi connectivity index (χ1) is 9.54. The Morgan fingerprint density at radius 3 is 3.05 bits per heavy atom. The molecule has 1 aromatic rings. The predicted octanol–water partition coefficient (Wildman–Crippen LogP) is 1.72. The van der Waals surface area contributed by atoms with Gasteiger partial charge in [-0.1, -0.05) is 6.07 Å². The van der Waals surface area contributed by atoms with Crippen molar-refractivity contribution in [3.05, 3.63) is 22.4 Å². The third-order valence-electron chi connectivity index (χ3n) is 3.55. The highest BCUT2D eigenvalue weighted by Gasteiger charge is 2.26. The standard InChI is InChI=1S/C14H20N2O3S/c1-10(12-3-2-6-20-12)15-13(17)9-16-5-4-11(8-16)7-14(18)19/h2-3,6,10-11H,4-5,7-9H2,1H3,(H,15,17)(H,18,19). The largest absolute Gasteiger partial charge is 0.481 e. The minimum absolute atomic E-state index is 0.00174. The minimum atomic E-state index is -0.757. The van der Waals surface area contributed by atoms with Gasteiger partial charge in [-0.05, 0) is 37.3 Å². The lowest BCUT2D eigenvalue weighted by Gasteiger charge is -2.17. The van der Waals surface area contributed by atoms with Gasteiger partial charge in [0.2, 0.25) is 5.91 Å². The Kier molecular flexibility index (Phi) is 5.14. The highest BCUT2D eigenvalue weighted by molar-refractivity contribution is 7.10. The van der Waals surface area contributed by atoms with Crippen LogP contribution in [0, 0.1) is 5.92 Å². The molecule has 6 heteroatoms. The van der Waals surface area contributed by atoms with E-state index in [1.807, 2.05) is 29.3 Å². The summed E-state index contributed by atoms with van der Waals surface area (Å²) < 4.78 is 0. The van der Waals surface area contributed by atoms with Gasteiger partial charge in [0.25, 0.3) is 0 Å². The number of carbonyl (C=O) groups is 2. The zero-order valence-electron chi connectivity index (χ0n) is 11.5. The van der Waals surface area contributed by atoms with Gasteiger partial charge in [-0.2, -0.15) is 0 Å². The highest BCUT2D eigenvalue weighted by atomic mass is 32.1. The molecule has 2 atom stereocenters. The van der Waals surface area contributed by atoms with Gasteiger partial charge in [0.15, 0.2) is 0 Å². The number of carboxylic acids is 1. The van der Waals surface area contributed by atoms with Gasteiger partial charge in [0, 0.05) is 17.8 Å². The molecule has 1 saturated heterocycles. The fraction of sp³-hybridized carbons (Fsp3) is 0.571. The van der Waals surface area contributed by atoms with E-state index in [1.54, 1.807) is 11.3 Å². The highest BCUT2D eigenvalue weighted by Crippen LogP contribution is 2.20. The number of aliphatic carboxylic acids is 1. The molecule has 5 nitrogen and oxygen atoms in total. The molecular weight excluding hydrogens is 276 g/mol. The summed E-state index contributed by atoms with van der Waals surface area (Å²) in [6.07, 6.45) is 1.06. The number of carbonyl (C=O) groups excluding carboxylic acids is 1. The molecule has 2 heterocycles. The number of nitrogens with zero attached hydrogens (tertiary/aromatic N) is 1. The van der Waals surface area contributed by atoms with Crippen LogP contribution in [0.5, 0.6) is 0 Å². The van der Waals surface area contributed by atoms with E-state index in [0.717, 1.165) is 17.8 Å². The molecule has 2 unspecified atom stereocenters. The second-order valence-corrected chi connectivity index (χ2v) is 6.27. The zero-order chi connectivity index (χ0) is 14.5.